The van der Waals surface area contributed by atoms with Gasteiger partial charge in [-0.25, -0.2) is 0 Å². The lowest BCUT2D eigenvalue weighted by atomic mass is 10.1. The van der Waals surface area contributed by atoms with Gasteiger partial charge in [0.1, 0.15) is 5.75 Å². The molecule has 1 atom stereocenters. The molecule has 3 heteroatoms. The molecule has 0 radical (unpaired) electrons. The zero-order chi connectivity index (χ0) is 10.4. The Hall–Kier alpha value is -1.06. The van der Waals surface area contributed by atoms with E-state index in [0.717, 1.165) is 11.3 Å². The molecule has 0 fully saturated rings. The summed E-state index contributed by atoms with van der Waals surface area (Å²) in [6, 6.07) is 7.48. The van der Waals surface area contributed by atoms with Crippen molar-refractivity contribution in [3.05, 3.63) is 29.8 Å². The Balaban J connectivity index is 2.71. The summed E-state index contributed by atoms with van der Waals surface area (Å²) >= 11 is 0. The minimum atomic E-state index is -0.486. The van der Waals surface area contributed by atoms with Crippen LogP contribution in [0.5, 0.6) is 5.75 Å². The monoisotopic (exact) mass is 195 g/mol. The molecule has 14 heavy (non-hydrogen) atoms. The Morgan fingerprint density at radius 2 is 2.29 bits per heavy atom. The Bertz CT molecular complexity index is 276. The second-order valence-electron chi connectivity index (χ2n) is 3.10. The number of rotatable bonds is 5. The maximum Gasteiger partial charge on any atom is 0.119 e. The van der Waals surface area contributed by atoms with Gasteiger partial charge in [-0.15, -0.1) is 0 Å². The molecule has 0 aliphatic heterocycles. The maximum atomic E-state index is 9.68. The smallest absolute Gasteiger partial charge is 0.119 e. The van der Waals surface area contributed by atoms with Gasteiger partial charge in [0.2, 0.25) is 0 Å². The van der Waals surface area contributed by atoms with Crippen LogP contribution in [-0.2, 0) is 0 Å². The summed E-state index contributed by atoms with van der Waals surface area (Å²) in [5, 5.41) is 9.68. The number of ether oxygens (including phenoxy) is 1. The van der Waals surface area contributed by atoms with E-state index in [1.54, 1.807) is 0 Å². The van der Waals surface area contributed by atoms with Crippen LogP contribution in [0.3, 0.4) is 0 Å². The van der Waals surface area contributed by atoms with Crippen LogP contribution in [0, 0.1) is 0 Å². The molecule has 0 aliphatic carbocycles. The highest BCUT2D eigenvalue weighted by atomic mass is 16.5. The zero-order valence-electron chi connectivity index (χ0n) is 8.44. The highest BCUT2D eigenvalue weighted by molar-refractivity contribution is 5.29. The molecule has 0 saturated heterocycles. The number of hydrogen-bond donors (Lipinski definition) is 2. The molecule has 0 heterocycles. The molecular weight excluding hydrogens is 178 g/mol. The summed E-state index contributed by atoms with van der Waals surface area (Å²) in [6.07, 6.45) is 0.0932. The van der Waals surface area contributed by atoms with Crippen LogP contribution in [0.4, 0.5) is 0 Å². The molecule has 0 amide bonds. The quantitative estimate of drug-likeness (QED) is 0.748. The first-order chi connectivity index (χ1) is 6.77. The fourth-order valence-corrected chi connectivity index (χ4v) is 1.30. The first-order valence-corrected chi connectivity index (χ1v) is 4.88. The van der Waals surface area contributed by atoms with Crippen LogP contribution in [-0.4, -0.2) is 18.3 Å². The SMILES string of the molecule is CCOc1cccc([C@H](O)CCN)c1. The summed E-state index contributed by atoms with van der Waals surface area (Å²) in [4.78, 5) is 0. The van der Waals surface area contributed by atoms with Crippen molar-refractivity contribution in [2.24, 2.45) is 5.73 Å². The standard InChI is InChI=1S/C11H17NO2/c1-2-14-10-5-3-4-9(8-10)11(13)6-7-12/h3-5,8,11,13H,2,6-7,12H2,1H3/t11-/m1/s1. The van der Waals surface area contributed by atoms with E-state index in [1.165, 1.54) is 0 Å². The van der Waals surface area contributed by atoms with Gasteiger partial charge in [0.15, 0.2) is 0 Å². The van der Waals surface area contributed by atoms with Gasteiger partial charge in [0, 0.05) is 0 Å². The van der Waals surface area contributed by atoms with Gasteiger partial charge in [-0.1, -0.05) is 12.1 Å². The van der Waals surface area contributed by atoms with Crippen molar-refractivity contribution in [1.82, 2.24) is 0 Å². The van der Waals surface area contributed by atoms with E-state index in [1.807, 2.05) is 31.2 Å². The highest BCUT2D eigenvalue weighted by Crippen LogP contribution is 2.20. The zero-order valence-corrected chi connectivity index (χ0v) is 8.44. The summed E-state index contributed by atoms with van der Waals surface area (Å²) < 4.78 is 5.33. The van der Waals surface area contributed by atoms with E-state index in [2.05, 4.69) is 0 Å². The number of aliphatic hydroxyl groups is 1. The van der Waals surface area contributed by atoms with E-state index in [-0.39, 0.29) is 0 Å². The molecule has 1 rings (SSSR count). The maximum absolute atomic E-state index is 9.68. The van der Waals surface area contributed by atoms with Gasteiger partial charge in [-0.2, -0.15) is 0 Å². The molecular formula is C11H17NO2. The average molecular weight is 195 g/mol. The fourth-order valence-electron chi connectivity index (χ4n) is 1.30. The third kappa shape index (κ3) is 3.01. The molecule has 3 N–H and O–H groups in total. The van der Waals surface area contributed by atoms with Gasteiger partial charge in [0.05, 0.1) is 12.7 Å². The molecule has 0 spiro atoms. The number of nitrogens with two attached hydrogens (primary N) is 1. The minimum absolute atomic E-state index is 0.486. The highest BCUT2D eigenvalue weighted by Gasteiger charge is 2.06. The van der Waals surface area contributed by atoms with Gasteiger partial charge in [-0.3, -0.25) is 0 Å². The van der Waals surface area contributed by atoms with Crippen molar-refractivity contribution in [1.29, 1.82) is 0 Å². The molecule has 0 aliphatic rings. The van der Waals surface area contributed by atoms with E-state index in [4.69, 9.17) is 10.5 Å². The molecule has 78 valence electrons. The van der Waals surface area contributed by atoms with Gasteiger partial charge in [-0.05, 0) is 37.6 Å². The van der Waals surface area contributed by atoms with Gasteiger partial charge < -0.3 is 15.6 Å². The van der Waals surface area contributed by atoms with Crippen LogP contribution < -0.4 is 10.5 Å². The number of hydrogen-bond acceptors (Lipinski definition) is 3. The van der Waals surface area contributed by atoms with E-state index >= 15 is 0 Å². The molecule has 1 aromatic rings. The second-order valence-corrected chi connectivity index (χ2v) is 3.10. The minimum Gasteiger partial charge on any atom is -0.494 e. The van der Waals surface area contributed by atoms with Crippen LogP contribution in [0.2, 0.25) is 0 Å². The molecule has 3 nitrogen and oxygen atoms in total. The Morgan fingerprint density at radius 3 is 2.93 bits per heavy atom. The van der Waals surface area contributed by atoms with Crippen LogP contribution in [0.25, 0.3) is 0 Å². The van der Waals surface area contributed by atoms with Gasteiger partial charge >= 0.3 is 0 Å². The average Bonchev–Trinajstić information content (AvgIpc) is 2.19. The van der Waals surface area contributed by atoms with Crippen molar-refractivity contribution in [3.8, 4) is 5.75 Å². The van der Waals surface area contributed by atoms with E-state index < -0.39 is 6.10 Å². The number of benzene rings is 1. The largest absolute Gasteiger partial charge is 0.494 e. The van der Waals surface area contributed by atoms with Crippen molar-refractivity contribution < 1.29 is 9.84 Å². The van der Waals surface area contributed by atoms with Crippen molar-refractivity contribution in [3.63, 3.8) is 0 Å². The lowest BCUT2D eigenvalue weighted by Gasteiger charge is -2.11. The van der Waals surface area contributed by atoms with E-state index in [9.17, 15) is 5.11 Å². The molecule has 0 saturated carbocycles. The predicted molar refractivity (Wildman–Crippen MR) is 56.2 cm³/mol. The van der Waals surface area contributed by atoms with Crippen LogP contribution in [0.1, 0.15) is 25.0 Å². The van der Waals surface area contributed by atoms with Gasteiger partial charge in [0.25, 0.3) is 0 Å². The third-order valence-electron chi connectivity index (χ3n) is 1.99. The summed E-state index contributed by atoms with van der Waals surface area (Å²) in [5.74, 6) is 0.793. The van der Waals surface area contributed by atoms with Crippen LogP contribution in [0.15, 0.2) is 24.3 Å². The van der Waals surface area contributed by atoms with Crippen molar-refractivity contribution >= 4 is 0 Å². The predicted octanol–water partition coefficient (Wildman–Crippen LogP) is 1.47. The first-order valence-electron chi connectivity index (χ1n) is 4.88. The van der Waals surface area contributed by atoms with Crippen molar-refractivity contribution in [2.45, 2.75) is 19.4 Å². The Labute approximate surface area is 84.5 Å². The summed E-state index contributed by atoms with van der Waals surface area (Å²) in [6.45, 7) is 3.06. The molecule has 0 aromatic heterocycles. The second kappa shape index (κ2) is 5.62. The fraction of sp³-hybridized carbons (Fsp3) is 0.455. The van der Waals surface area contributed by atoms with Crippen molar-refractivity contribution in [2.75, 3.05) is 13.2 Å². The lowest BCUT2D eigenvalue weighted by molar-refractivity contribution is 0.170. The molecule has 1 aromatic carbocycles. The van der Waals surface area contributed by atoms with E-state index in [0.29, 0.717) is 19.6 Å². The Morgan fingerprint density at radius 1 is 1.50 bits per heavy atom. The molecule has 0 bridgehead atoms. The molecule has 0 unspecified atom stereocenters. The summed E-state index contributed by atoms with van der Waals surface area (Å²) in [5.41, 5.74) is 6.23. The number of aliphatic hydroxyl groups excluding tert-OH is 1. The topological polar surface area (TPSA) is 55.5 Å². The Kier molecular flexibility index (Phi) is 4.43. The van der Waals surface area contributed by atoms with Crippen LogP contribution >= 0.6 is 0 Å². The third-order valence-corrected chi connectivity index (χ3v) is 1.99. The summed E-state index contributed by atoms with van der Waals surface area (Å²) in [7, 11) is 0. The first kappa shape index (κ1) is 11.0. The lowest BCUT2D eigenvalue weighted by Crippen LogP contribution is -2.06. The normalized spacial score (nSPS) is 12.5.